The van der Waals surface area contributed by atoms with E-state index in [1.807, 2.05) is 36.4 Å². The third kappa shape index (κ3) is 2.26. The highest BCUT2D eigenvalue weighted by Gasteiger charge is 2.11. The summed E-state index contributed by atoms with van der Waals surface area (Å²) in [6, 6.07) is 18.1. The minimum absolute atomic E-state index is 0.856. The molecule has 3 rings (SSSR count). The lowest BCUT2D eigenvalue weighted by molar-refractivity contribution is 0.416. The van der Waals surface area contributed by atoms with E-state index in [0.717, 1.165) is 28.1 Å². The van der Waals surface area contributed by atoms with Gasteiger partial charge in [-0.15, -0.1) is 0 Å². The topological polar surface area (TPSA) is 35.0 Å². The normalized spacial score (nSPS) is 10.2. The molecule has 98 valence electrons. The quantitative estimate of drug-likeness (QED) is 0.719. The van der Waals surface area contributed by atoms with Crippen molar-refractivity contribution in [3.8, 4) is 28.1 Å². The molecule has 2 aromatic carbocycles. The third-order valence-corrected chi connectivity index (χ3v) is 3.18. The van der Waals surface area contributed by atoms with Crippen molar-refractivity contribution in [2.45, 2.75) is 0 Å². The minimum atomic E-state index is 0.856. The van der Waals surface area contributed by atoms with Crippen LogP contribution in [0, 0.1) is 0 Å². The van der Waals surface area contributed by atoms with Crippen molar-refractivity contribution in [2.24, 2.45) is 0 Å². The van der Waals surface area contributed by atoms with Crippen molar-refractivity contribution in [2.75, 3.05) is 7.11 Å². The van der Waals surface area contributed by atoms with E-state index in [4.69, 9.17) is 4.74 Å². The van der Waals surface area contributed by atoms with E-state index < -0.39 is 0 Å². The van der Waals surface area contributed by atoms with Crippen LogP contribution in [-0.2, 0) is 0 Å². The standard InChI is InChI=1S/C17H14N2O/c1-20-17-9-5-4-8-15(17)13-6-2-3-7-14(13)16-10-11-18-12-19-16/h2-12H,1H3. The predicted octanol–water partition coefficient (Wildman–Crippen LogP) is 3.82. The Balaban J connectivity index is 2.20. The number of benzene rings is 2. The van der Waals surface area contributed by atoms with Crippen LogP contribution in [0.15, 0.2) is 67.1 Å². The molecule has 3 aromatic rings. The number of ether oxygens (including phenoxy) is 1. The molecule has 20 heavy (non-hydrogen) atoms. The molecule has 0 aliphatic rings. The molecule has 0 spiro atoms. The Morgan fingerprint density at radius 3 is 2.20 bits per heavy atom. The molecule has 0 unspecified atom stereocenters. The van der Waals surface area contributed by atoms with Crippen LogP contribution in [0.1, 0.15) is 0 Å². The monoisotopic (exact) mass is 262 g/mol. The van der Waals surface area contributed by atoms with Gasteiger partial charge in [0.05, 0.1) is 12.8 Å². The molecule has 3 nitrogen and oxygen atoms in total. The largest absolute Gasteiger partial charge is 0.496 e. The molecule has 0 radical (unpaired) electrons. The molecule has 1 heterocycles. The summed E-state index contributed by atoms with van der Waals surface area (Å²) in [6.07, 6.45) is 3.32. The van der Waals surface area contributed by atoms with Gasteiger partial charge in [-0.3, -0.25) is 0 Å². The third-order valence-electron chi connectivity index (χ3n) is 3.18. The number of aromatic nitrogens is 2. The summed E-state index contributed by atoms with van der Waals surface area (Å²) in [6.45, 7) is 0. The van der Waals surface area contributed by atoms with E-state index >= 15 is 0 Å². The molecule has 0 saturated heterocycles. The lowest BCUT2D eigenvalue weighted by Gasteiger charge is -2.12. The van der Waals surface area contributed by atoms with Crippen molar-refractivity contribution in [1.82, 2.24) is 9.97 Å². The number of hydrogen-bond acceptors (Lipinski definition) is 3. The van der Waals surface area contributed by atoms with Gasteiger partial charge in [0.2, 0.25) is 0 Å². The van der Waals surface area contributed by atoms with Crippen LogP contribution in [0.4, 0.5) is 0 Å². The van der Waals surface area contributed by atoms with E-state index in [0.29, 0.717) is 0 Å². The average molecular weight is 262 g/mol. The van der Waals surface area contributed by atoms with Crippen LogP contribution in [0.25, 0.3) is 22.4 Å². The first-order valence-corrected chi connectivity index (χ1v) is 6.39. The predicted molar refractivity (Wildman–Crippen MR) is 79.5 cm³/mol. The van der Waals surface area contributed by atoms with Crippen molar-refractivity contribution in [3.63, 3.8) is 0 Å². The Morgan fingerprint density at radius 1 is 0.800 bits per heavy atom. The van der Waals surface area contributed by atoms with Gasteiger partial charge in [-0.25, -0.2) is 9.97 Å². The molecule has 0 aliphatic carbocycles. The van der Waals surface area contributed by atoms with Crippen LogP contribution >= 0.6 is 0 Å². The van der Waals surface area contributed by atoms with Crippen LogP contribution in [-0.4, -0.2) is 17.1 Å². The molecule has 0 N–H and O–H groups in total. The maximum absolute atomic E-state index is 5.46. The number of methoxy groups -OCH3 is 1. The first-order valence-electron chi connectivity index (χ1n) is 6.39. The Hall–Kier alpha value is -2.68. The van der Waals surface area contributed by atoms with Gasteiger partial charge in [0.15, 0.2) is 0 Å². The summed E-state index contributed by atoms with van der Waals surface area (Å²) in [7, 11) is 1.69. The molecule has 0 bridgehead atoms. The summed E-state index contributed by atoms with van der Waals surface area (Å²) in [5.74, 6) is 0.856. The minimum Gasteiger partial charge on any atom is -0.496 e. The maximum Gasteiger partial charge on any atom is 0.126 e. The maximum atomic E-state index is 5.46. The first-order chi connectivity index (χ1) is 9.90. The zero-order chi connectivity index (χ0) is 13.8. The lowest BCUT2D eigenvalue weighted by Crippen LogP contribution is -1.91. The van der Waals surface area contributed by atoms with Gasteiger partial charge in [-0.05, 0) is 17.7 Å². The van der Waals surface area contributed by atoms with E-state index in [-0.39, 0.29) is 0 Å². The second-order valence-electron chi connectivity index (χ2n) is 4.34. The number of hydrogen-bond donors (Lipinski definition) is 0. The van der Waals surface area contributed by atoms with Gasteiger partial charge in [-0.1, -0.05) is 42.5 Å². The SMILES string of the molecule is COc1ccccc1-c1ccccc1-c1ccncn1. The van der Waals surface area contributed by atoms with Crippen LogP contribution < -0.4 is 4.74 Å². The van der Waals surface area contributed by atoms with Crippen LogP contribution in [0.5, 0.6) is 5.75 Å². The van der Waals surface area contributed by atoms with Crippen molar-refractivity contribution < 1.29 is 4.74 Å². The fraction of sp³-hybridized carbons (Fsp3) is 0.0588. The van der Waals surface area contributed by atoms with Gasteiger partial charge in [0.1, 0.15) is 12.1 Å². The second-order valence-corrected chi connectivity index (χ2v) is 4.34. The summed E-state index contributed by atoms with van der Waals surface area (Å²) in [4.78, 5) is 8.31. The zero-order valence-electron chi connectivity index (χ0n) is 11.2. The fourth-order valence-corrected chi connectivity index (χ4v) is 2.26. The van der Waals surface area contributed by atoms with Gasteiger partial charge in [-0.2, -0.15) is 0 Å². The summed E-state index contributed by atoms with van der Waals surface area (Å²) in [5.41, 5.74) is 4.13. The molecular weight excluding hydrogens is 248 g/mol. The highest BCUT2D eigenvalue weighted by atomic mass is 16.5. The zero-order valence-corrected chi connectivity index (χ0v) is 11.2. The lowest BCUT2D eigenvalue weighted by atomic mass is 9.97. The Morgan fingerprint density at radius 2 is 1.50 bits per heavy atom. The summed E-state index contributed by atoms with van der Waals surface area (Å²) in [5, 5.41) is 0. The average Bonchev–Trinajstić information content (AvgIpc) is 2.55. The van der Waals surface area contributed by atoms with Crippen molar-refractivity contribution in [1.29, 1.82) is 0 Å². The molecule has 0 saturated carbocycles. The van der Waals surface area contributed by atoms with Gasteiger partial charge in [0.25, 0.3) is 0 Å². The van der Waals surface area contributed by atoms with Gasteiger partial charge < -0.3 is 4.74 Å². The summed E-state index contributed by atoms with van der Waals surface area (Å²) >= 11 is 0. The van der Waals surface area contributed by atoms with E-state index in [2.05, 4.69) is 28.2 Å². The summed E-state index contributed by atoms with van der Waals surface area (Å²) < 4.78 is 5.46. The van der Waals surface area contributed by atoms with Gasteiger partial charge >= 0.3 is 0 Å². The van der Waals surface area contributed by atoms with E-state index in [1.165, 1.54) is 0 Å². The van der Waals surface area contributed by atoms with E-state index in [1.54, 1.807) is 19.6 Å². The van der Waals surface area contributed by atoms with Gasteiger partial charge in [0, 0.05) is 17.3 Å². The molecular formula is C17H14N2O. The molecule has 0 fully saturated rings. The molecule has 1 aromatic heterocycles. The smallest absolute Gasteiger partial charge is 0.126 e. The molecule has 3 heteroatoms. The molecule has 0 amide bonds. The number of rotatable bonds is 3. The van der Waals surface area contributed by atoms with Crippen molar-refractivity contribution in [3.05, 3.63) is 67.1 Å². The highest BCUT2D eigenvalue weighted by molar-refractivity contribution is 5.84. The fourth-order valence-electron chi connectivity index (χ4n) is 2.26. The van der Waals surface area contributed by atoms with Crippen LogP contribution in [0.3, 0.4) is 0 Å². The molecule has 0 aliphatic heterocycles. The van der Waals surface area contributed by atoms with E-state index in [9.17, 15) is 0 Å². The number of para-hydroxylation sites is 1. The first kappa shape index (κ1) is 12.4. The molecule has 0 atom stereocenters. The van der Waals surface area contributed by atoms with Crippen molar-refractivity contribution >= 4 is 0 Å². The van der Waals surface area contributed by atoms with Crippen LogP contribution in [0.2, 0.25) is 0 Å². The Labute approximate surface area is 117 Å². The second kappa shape index (κ2) is 5.53. The number of nitrogens with zero attached hydrogens (tertiary/aromatic N) is 2. The Bertz CT molecular complexity index is 711. The highest BCUT2D eigenvalue weighted by Crippen LogP contribution is 2.35. The Kier molecular flexibility index (Phi) is 3.42.